The highest BCUT2D eigenvalue weighted by molar-refractivity contribution is 7.91. The van der Waals surface area contributed by atoms with Gasteiger partial charge in [-0.05, 0) is 38.0 Å². The van der Waals surface area contributed by atoms with E-state index in [9.17, 15) is 17.6 Å². The molecule has 0 saturated carbocycles. The number of esters is 1. The van der Waals surface area contributed by atoms with E-state index in [1.165, 1.54) is 6.07 Å². The normalized spacial score (nSPS) is 19.1. The van der Waals surface area contributed by atoms with Crippen LogP contribution in [0.5, 0.6) is 5.75 Å². The maximum atomic E-state index is 14.2. The van der Waals surface area contributed by atoms with Gasteiger partial charge >= 0.3 is 5.97 Å². The zero-order chi connectivity index (χ0) is 27.2. The van der Waals surface area contributed by atoms with E-state index in [-0.39, 0.29) is 23.0 Å². The molecule has 0 N–H and O–H groups in total. The number of rotatable bonds is 10. The molecule has 0 radical (unpaired) electrons. The van der Waals surface area contributed by atoms with Crippen molar-refractivity contribution in [2.45, 2.75) is 51.3 Å². The molecule has 0 saturated heterocycles. The lowest BCUT2D eigenvalue weighted by molar-refractivity contribution is -0.140. The molecule has 7 nitrogen and oxygen atoms in total. The van der Waals surface area contributed by atoms with Crippen LogP contribution < -0.4 is 14.5 Å². The quantitative estimate of drug-likeness (QED) is 0.210. The van der Waals surface area contributed by atoms with Gasteiger partial charge < -0.3 is 19.3 Å². The van der Waals surface area contributed by atoms with Crippen LogP contribution in [-0.2, 0) is 19.4 Å². The van der Waals surface area contributed by atoms with Crippen LogP contribution in [0.3, 0.4) is 0 Å². The van der Waals surface area contributed by atoms with Gasteiger partial charge in [0.2, 0.25) is 5.83 Å². The van der Waals surface area contributed by atoms with Gasteiger partial charge in [0.15, 0.2) is 15.6 Å². The summed E-state index contributed by atoms with van der Waals surface area (Å²) in [5.41, 5.74) is 1.53. The highest BCUT2D eigenvalue weighted by Gasteiger charge is 2.42. The van der Waals surface area contributed by atoms with Gasteiger partial charge in [0.05, 0.1) is 28.6 Å². The molecular formula is C28H37FN2O5S. The summed E-state index contributed by atoms with van der Waals surface area (Å²) in [6.45, 7) is 6.29. The fourth-order valence-electron chi connectivity index (χ4n) is 4.69. The molecule has 37 heavy (non-hydrogen) atoms. The van der Waals surface area contributed by atoms with Gasteiger partial charge in [-0.25, -0.2) is 13.2 Å². The van der Waals surface area contributed by atoms with E-state index in [1.807, 2.05) is 37.3 Å². The van der Waals surface area contributed by atoms with Gasteiger partial charge in [0.1, 0.15) is 6.26 Å². The molecule has 2 aromatic carbocycles. The number of hydrogen-bond donors (Lipinski definition) is 0. The number of para-hydroxylation sites is 1. The van der Waals surface area contributed by atoms with Crippen molar-refractivity contribution in [3.63, 3.8) is 0 Å². The van der Waals surface area contributed by atoms with Crippen LogP contribution in [0.2, 0.25) is 0 Å². The minimum absolute atomic E-state index is 0.000606. The van der Waals surface area contributed by atoms with E-state index in [0.717, 1.165) is 24.9 Å². The minimum atomic E-state index is -3.74. The van der Waals surface area contributed by atoms with Crippen molar-refractivity contribution in [3.05, 3.63) is 54.6 Å². The number of nitrogens with zero attached hydrogens (tertiary/aromatic N) is 2. The predicted molar refractivity (Wildman–Crippen MR) is 145 cm³/mol. The zero-order valence-corrected chi connectivity index (χ0v) is 23.1. The summed E-state index contributed by atoms with van der Waals surface area (Å²) in [7, 11) is -0.170. The van der Waals surface area contributed by atoms with Crippen LogP contribution in [0.25, 0.3) is 0 Å². The lowest BCUT2D eigenvalue weighted by Crippen LogP contribution is -2.37. The minimum Gasteiger partial charge on any atom is -0.461 e. The molecule has 1 atom stereocenters. The van der Waals surface area contributed by atoms with Gasteiger partial charge in [-0.1, -0.05) is 44.9 Å². The zero-order valence-electron chi connectivity index (χ0n) is 22.3. The van der Waals surface area contributed by atoms with Crippen LogP contribution >= 0.6 is 0 Å². The fourth-order valence-corrected chi connectivity index (χ4v) is 6.86. The standard InChI is InChI=1S/C28H37FN2O5S/c1-6-9-15-28(7-2)19-31(21-13-11-10-12-14-21)24-16-23(30(4)5)25(17-26(24)37(33,34)20-28)36-18-22(29)27(32)35-8-3/h10-14,16-18H,6-9,15,19-20H2,1-5H3/b22-18-/t28-/m1/s1. The summed E-state index contributed by atoms with van der Waals surface area (Å²) < 4.78 is 52.3. The third kappa shape index (κ3) is 6.44. The molecule has 0 fully saturated rings. The number of fused-ring (bicyclic) bond motifs is 1. The number of sulfone groups is 1. The van der Waals surface area contributed by atoms with E-state index in [2.05, 4.69) is 16.6 Å². The summed E-state index contributed by atoms with van der Waals surface area (Å²) in [6.07, 6.45) is 4.05. The van der Waals surface area contributed by atoms with E-state index < -0.39 is 27.0 Å². The molecule has 0 aliphatic carbocycles. The maximum Gasteiger partial charge on any atom is 0.370 e. The van der Waals surface area contributed by atoms with Gasteiger partial charge in [0.25, 0.3) is 0 Å². The smallest absolute Gasteiger partial charge is 0.370 e. The lowest BCUT2D eigenvalue weighted by atomic mass is 9.81. The predicted octanol–water partition coefficient (Wildman–Crippen LogP) is 6.02. The van der Waals surface area contributed by atoms with Crippen molar-refractivity contribution in [1.29, 1.82) is 0 Å². The SMILES string of the molecule is CCCC[C@]1(CC)CN(c2ccccc2)c2cc(N(C)C)c(O/C=C(\F)C(=O)OCC)cc2S(=O)(=O)C1. The number of benzene rings is 2. The third-order valence-electron chi connectivity index (χ3n) is 6.78. The first-order valence-corrected chi connectivity index (χ1v) is 14.3. The Bertz CT molecular complexity index is 1230. The van der Waals surface area contributed by atoms with Crippen LogP contribution in [0.4, 0.5) is 21.5 Å². The first-order valence-electron chi connectivity index (χ1n) is 12.7. The second-order valence-corrected chi connectivity index (χ2v) is 11.6. The van der Waals surface area contributed by atoms with Gasteiger partial charge in [-0.3, -0.25) is 0 Å². The molecule has 202 valence electrons. The summed E-state index contributed by atoms with van der Waals surface area (Å²) >= 11 is 0. The monoisotopic (exact) mass is 532 g/mol. The van der Waals surface area contributed by atoms with Gasteiger partial charge in [-0.15, -0.1) is 0 Å². The average Bonchev–Trinajstić information content (AvgIpc) is 2.98. The molecule has 0 spiro atoms. The Morgan fingerprint density at radius 2 is 1.86 bits per heavy atom. The summed E-state index contributed by atoms with van der Waals surface area (Å²) in [5.74, 6) is -2.23. The number of carbonyl (C=O) groups is 1. The molecule has 1 aliphatic rings. The molecular weight excluding hydrogens is 495 g/mol. The first kappa shape index (κ1) is 28.5. The molecule has 1 aliphatic heterocycles. The second kappa shape index (κ2) is 12.0. The van der Waals surface area contributed by atoms with Crippen LogP contribution in [-0.4, -0.2) is 47.4 Å². The van der Waals surface area contributed by atoms with Crippen molar-refractivity contribution in [3.8, 4) is 5.75 Å². The highest BCUT2D eigenvalue weighted by atomic mass is 32.2. The summed E-state index contributed by atoms with van der Waals surface area (Å²) in [5, 5.41) is 0. The molecule has 1 heterocycles. The van der Waals surface area contributed by atoms with Gasteiger partial charge in [-0.2, -0.15) is 4.39 Å². The average molecular weight is 533 g/mol. The highest BCUT2D eigenvalue weighted by Crippen LogP contribution is 2.47. The molecule has 2 aromatic rings. The fraction of sp³-hybridized carbons (Fsp3) is 0.464. The van der Waals surface area contributed by atoms with E-state index in [1.54, 1.807) is 32.0 Å². The Labute approximate surface area is 219 Å². The van der Waals surface area contributed by atoms with Crippen molar-refractivity contribution >= 4 is 32.9 Å². The van der Waals surface area contributed by atoms with Gasteiger partial charge in [0, 0.05) is 37.8 Å². The van der Waals surface area contributed by atoms with Crippen molar-refractivity contribution in [2.75, 3.05) is 42.8 Å². The van der Waals surface area contributed by atoms with Crippen LogP contribution in [0, 0.1) is 5.41 Å². The molecule has 0 bridgehead atoms. The van der Waals surface area contributed by atoms with Crippen molar-refractivity contribution in [2.24, 2.45) is 5.41 Å². The largest absolute Gasteiger partial charge is 0.461 e. The number of hydrogen-bond acceptors (Lipinski definition) is 7. The number of anilines is 3. The summed E-state index contributed by atoms with van der Waals surface area (Å²) in [4.78, 5) is 15.7. The maximum absolute atomic E-state index is 14.2. The summed E-state index contributed by atoms with van der Waals surface area (Å²) in [6, 6.07) is 12.9. The molecule has 3 rings (SSSR count). The van der Waals surface area contributed by atoms with Crippen molar-refractivity contribution < 1.29 is 27.1 Å². The Morgan fingerprint density at radius 1 is 1.16 bits per heavy atom. The first-order chi connectivity index (χ1) is 17.6. The topological polar surface area (TPSA) is 76.2 Å². The van der Waals surface area contributed by atoms with Crippen molar-refractivity contribution in [1.82, 2.24) is 0 Å². The van der Waals surface area contributed by atoms with Crippen LogP contribution in [0.15, 0.2) is 59.4 Å². The van der Waals surface area contributed by atoms with E-state index >= 15 is 0 Å². The van der Waals surface area contributed by atoms with E-state index in [4.69, 9.17) is 4.74 Å². The Kier molecular flexibility index (Phi) is 9.23. The Morgan fingerprint density at radius 3 is 2.46 bits per heavy atom. The molecule has 0 aromatic heterocycles. The third-order valence-corrected chi connectivity index (χ3v) is 8.77. The lowest BCUT2D eigenvalue weighted by Gasteiger charge is -2.36. The second-order valence-electron chi connectivity index (χ2n) is 9.62. The molecule has 0 unspecified atom stereocenters. The van der Waals surface area contributed by atoms with E-state index in [0.29, 0.717) is 30.6 Å². The number of carbonyl (C=O) groups excluding carboxylic acids is 1. The number of unbranched alkanes of at least 4 members (excludes halogenated alkanes) is 1. The molecule has 0 amide bonds. The number of ether oxygens (including phenoxy) is 2. The number of halogens is 1. The van der Waals surface area contributed by atoms with Crippen LogP contribution in [0.1, 0.15) is 46.5 Å². The Hall–Kier alpha value is -3.07. The molecule has 9 heteroatoms. The Balaban J connectivity index is 2.22.